The Labute approximate surface area is 226 Å². The number of alkyl halides is 3. The highest BCUT2D eigenvalue weighted by Crippen LogP contribution is 2.31. The first-order chi connectivity index (χ1) is 17.8. The van der Waals surface area contributed by atoms with Crippen molar-refractivity contribution in [1.29, 1.82) is 0 Å². The van der Waals surface area contributed by atoms with Crippen LogP contribution >= 0.6 is 0 Å². The van der Waals surface area contributed by atoms with E-state index in [1.54, 1.807) is 56.5 Å². The molecule has 39 heavy (non-hydrogen) atoms. The lowest BCUT2D eigenvalue weighted by Gasteiger charge is -2.28. The fourth-order valence-corrected chi connectivity index (χ4v) is 4.25. The number of aromatic carboxylic acids is 1. The molecule has 11 heteroatoms. The largest absolute Gasteiger partial charge is 0.545 e. The fourth-order valence-electron chi connectivity index (χ4n) is 3.73. The number of carboxylic acids is 1. The van der Waals surface area contributed by atoms with E-state index in [9.17, 15) is 27.9 Å². The lowest BCUT2D eigenvalue weighted by atomic mass is 10.0. The highest BCUT2D eigenvalue weighted by molar-refractivity contribution is 6.83. The number of aryl methyl sites for hydroxylation is 1. The second-order valence-corrected chi connectivity index (χ2v) is 16.0. The quantitative estimate of drug-likeness (QED) is 0.301. The molecule has 3 aromatic rings. The summed E-state index contributed by atoms with van der Waals surface area (Å²) in [5.41, 5.74) is 4.77. The van der Waals surface area contributed by atoms with Gasteiger partial charge in [0.15, 0.2) is 5.65 Å². The number of nitrogens with zero attached hydrogens (tertiary/aromatic N) is 3. The minimum atomic E-state index is -4.51. The zero-order valence-electron chi connectivity index (χ0n) is 23.0. The van der Waals surface area contributed by atoms with Gasteiger partial charge in [-0.25, -0.2) is 9.78 Å². The molecule has 0 bridgehead atoms. The number of ether oxygens (including phenoxy) is 1. The lowest BCUT2D eigenvalue weighted by molar-refractivity contribution is -0.255. The third-order valence-corrected chi connectivity index (χ3v) is 6.31. The van der Waals surface area contributed by atoms with E-state index < -0.39 is 44.9 Å². The minimum absolute atomic E-state index is 0.0400. The maximum atomic E-state index is 13.3. The van der Waals surface area contributed by atoms with Crippen molar-refractivity contribution in [3.63, 3.8) is 0 Å². The molecule has 0 fully saturated rings. The van der Waals surface area contributed by atoms with Crippen LogP contribution in [0.15, 0.2) is 36.7 Å². The van der Waals surface area contributed by atoms with Gasteiger partial charge in [0.2, 0.25) is 0 Å². The molecule has 0 unspecified atom stereocenters. The van der Waals surface area contributed by atoms with E-state index in [2.05, 4.69) is 36.1 Å². The van der Waals surface area contributed by atoms with Gasteiger partial charge in [0.1, 0.15) is 13.7 Å². The van der Waals surface area contributed by atoms with Gasteiger partial charge in [-0.1, -0.05) is 37.7 Å². The number of fused-ring (bicyclic) bond motifs is 1. The molecule has 0 saturated heterocycles. The summed E-state index contributed by atoms with van der Waals surface area (Å²) in [4.78, 5) is 29.9. The summed E-state index contributed by atoms with van der Waals surface area (Å²) in [5, 5.41) is 11.4. The second-order valence-electron chi connectivity index (χ2n) is 11.3. The summed E-state index contributed by atoms with van der Waals surface area (Å²) in [7, 11) is -1.83. The number of benzene rings is 1. The molecule has 0 radical (unpaired) electrons. The van der Waals surface area contributed by atoms with Crippen LogP contribution < -0.4 is 10.0 Å². The minimum Gasteiger partial charge on any atom is -0.545 e. The highest BCUT2D eigenvalue weighted by atomic mass is 28.3. The van der Waals surface area contributed by atoms with E-state index in [0.29, 0.717) is 22.4 Å². The standard InChI is InChI=1S/C28H32F3N3O4Si/c1-18-14-20(8-9-21(18)25(35)36)23-16-32-24-22(15-19(17-34(23)24)10-13-39(5,6)7)33(12-11-28(29,30)31)26(37)38-27(2,3)4/h8-9,14-17H,11-12H2,1-7H3,(H,35,36)/p-1. The van der Waals surface area contributed by atoms with Crippen LogP contribution in [0.4, 0.5) is 23.7 Å². The molecular formula is C28H31F3N3O4Si-. The number of hydrogen-bond acceptors (Lipinski definition) is 5. The number of anilines is 1. The molecule has 0 N–H and O–H groups in total. The molecule has 0 spiro atoms. The first kappa shape index (κ1) is 29.8. The third-order valence-electron chi connectivity index (χ3n) is 5.43. The molecule has 0 atom stereocenters. The summed E-state index contributed by atoms with van der Waals surface area (Å²) in [6, 6.07) is 6.22. The van der Waals surface area contributed by atoms with Crippen LogP contribution in [-0.2, 0) is 4.74 Å². The molecule has 208 valence electrons. The molecule has 2 aromatic heterocycles. The van der Waals surface area contributed by atoms with Crippen LogP contribution in [0.1, 0.15) is 48.7 Å². The van der Waals surface area contributed by atoms with Crippen molar-refractivity contribution >= 4 is 31.5 Å². The van der Waals surface area contributed by atoms with E-state index in [1.807, 2.05) is 0 Å². The maximum absolute atomic E-state index is 13.3. The van der Waals surface area contributed by atoms with E-state index in [4.69, 9.17) is 4.74 Å². The first-order valence-electron chi connectivity index (χ1n) is 12.3. The van der Waals surface area contributed by atoms with Gasteiger partial charge in [-0.15, -0.1) is 5.54 Å². The number of halogens is 3. The summed E-state index contributed by atoms with van der Waals surface area (Å²) < 4.78 is 46.9. The topological polar surface area (TPSA) is 87.0 Å². The van der Waals surface area contributed by atoms with Gasteiger partial charge in [0.25, 0.3) is 0 Å². The molecule has 0 aliphatic rings. The number of rotatable bonds is 5. The number of hydrogen-bond donors (Lipinski definition) is 0. The van der Waals surface area contributed by atoms with Crippen molar-refractivity contribution in [3.8, 4) is 22.7 Å². The fraction of sp³-hybridized carbons (Fsp3) is 0.393. The zero-order chi connectivity index (χ0) is 29.3. The summed E-state index contributed by atoms with van der Waals surface area (Å²) in [6.45, 7) is 12.0. The molecule has 0 saturated carbocycles. The third kappa shape index (κ3) is 7.86. The van der Waals surface area contributed by atoms with E-state index in [1.165, 1.54) is 12.3 Å². The Morgan fingerprint density at radius 3 is 2.36 bits per heavy atom. The Bertz CT molecular complexity index is 1470. The Morgan fingerprint density at radius 1 is 1.15 bits per heavy atom. The Balaban J connectivity index is 2.28. The normalized spacial score (nSPS) is 12.2. The lowest BCUT2D eigenvalue weighted by Crippen LogP contribution is -2.39. The van der Waals surface area contributed by atoms with Crippen molar-refractivity contribution < 1.29 is 32.6 Å². The van der Waals surface area contributed by atoms with Crippen LogP contribution in [0.3, 0.4) is 0 Å². The molecule has 1 aromatic carbocycles. The van der Waals surface area contributed by atoms with E-state index >= 15 is 0 Å². The van der Waals surface area contributed by atoms with Gasteiger partial charge in [0.05, 0.1) is 30.0 Å². The van der Waals surface area contributed by atoms with Gasteiger partial charge < -0.3 is 14.6 Å². The van der Waals surface area contributed by atoms with Crippen molar-refractivity contribution in [2.45, 2.75) is 65.5 Å². The molecule has 2 heterocycles. The smallest absolute Gasteiger partial charge is 0.414 e. The first-order valence-corrected chi connectivity index (χ1v) is 15.8. The summed E-state index contributed by atoms with van der Waals surface area (Å²) in [5.74, 6) is 1.81. The predicted molar refractivity (Wildman–Crippen MR) is 144 cm³/mol. The van der Waals surface area contributed by atoms with E-state index in [0.717, 1.165) is 4.90 Å². The number of imidazole rings is 1. The maximum Gasteiger partial charge on any atom is 0.414 e. The number of pyridine rings is 1. The van der Waals surface area contributed by atoms with Gasteiger partial charge in [-0.3, -0.25) is 9.30 Å². The van der Waals surface area contributed by atoms with Crippen molar-refractivity contribution in [1.82, 2.24) is 9.38 Å². The molecule has 0 aliphatic carbocycles. The number of carbonyl (C=O) groups is 2. The SMILES string of the molecule is Cc1cc(-c2cnc3c(N(CCC(F)(F)F)C(=O)OC(C)(C)C)cc(C#C[Si](C)(C)C)cn23)ccc1C(=O)[O-]. The predicted octanol–water partition coefficient (Wildman–Crippen LogP) is 5.60. The molecule has 7 nitrogen and oxygen atoms in total. The van der Waals surface area contributed by atoms with Crippen LogP contribution in [0.2, 0.25) is 19.6 Å². The second kappa shape index (κ2) is 10.8. The van der Waals surface area contributed by atoms with Crippen LogP contribution in [-0.4, -0.2) is 47.8 Å². The number of carbonyl (C=O) groups excluding carboxylic acids is 2. The molecule has 3 rings (SSSR count). The van der Waals surface area contributed by atoms with Gasteiger partial charge in [-0.05, 0) is 45.4 Å². The van der Waals surface area contributed by atoms with Crippen molar-refractivity contribution in [2.75, 3.05) is 11.4 Å². The van der Waals surface area contributed by atoms with Crippen LogP contribution in [0.25, 0.3) is 16.9 Å². The van der Waals surface area contributed by atoms with Crippen LogP contribution in [0.5, 0.6) is 0 Å². The summed E-state index contributed by atoms with van der Waals surface area (Å²) >= 11 is 0. The van der Waals surface area contributed by atoms with Crippen molar-refractivity contribution in [3.05, 3.63) is 53.3 Å². The number of aromatic nitrogens is 2. The monoisotopic (exact) mass is 558 g/mol. The Kier molecular flexibility index (Phi) is 8.22. The number of carboxylic acid groups (broad SMARTS) is 1. The highest BCUT2D eigenvalue weighted by Gasteiger charge is 2.33. The van der Waals surface area contributed by atoms with E-state index in [-0.39, 0.29) is 16.9 Å². The molecule has 0 aliphatic heterocycles. The number of amides is 1. The van der Waals surface area contributed by atoms with Crippen molar-refractivity contribution in [2.24, 2.45) is 0 Å². The molecular weight excluding hydrogens is 527 g/mol. The Morgan fingerprint density at radius 2 is 1.82 bits per heavy atom. The molecule has 1 amide bonds. The average molecular weight is 559 g/mol. The zero-order valence-corrected chi connectivity index (χ0v) is 24.0. The Hall–Kier alpha value is -3.78. The van der Waals surface area contributed by atoms with Gasteiger partial charge in [-0.2, -0.15) is 13.2 Å². The van der Waals surface area contributed by atoms with Gasteiger partial charge >= 0.3 is 12.3 Å². The summed E-state index contributed by atoms with van der Waals surface area (Å²) in [6.07, 6.45) is -3.49. The van der Waals surface area contributed by atoms with Crippen LogP contribution in [0, 0.1) is 18.4 Å². The van der Waals surface area contributed by atoms with Gasteiger partial charge in [0, 0.05) is 29.4 Å². The average Bonchev–Trinajstić information content (AvgIpc) is 3.19.